The third-order valence-corrected chi connectivity index (χ3v) is 5.56. The van der Waals surface area contributed by atoms with Crippen LogP contribution < -0.4 is 5.32 Å². The van der Waals surface area contributed by atoms with Crippen LogP contribution in [0.4, 0.5) is 4.79 Å². The molecule has 1 N–H and O–H groups in total. The molecule has 2 heterocycles. The van der Waals surface area contributed by atoms with Crippen molar-refractivity contribution in [3.05, 3.63) is 0 Å². The van der Waals surface area contributed by atoms with Crippen molar-refractivity contribution >= 4 is 11.9 Å². The molecule has 0 aromatic carbocycles. The number of urea groups is 1. The van der Waals surface area contributed by atoms with Gasteiger partial charge in [0.2, 0.25) is 0 Å². The Morgan fingerprint density at radius 2 is 1.81 bits per heavy atom. The molecule has 0 unspecified atom stereocenters. The van der Waals surface area contributed by atoms with E-state index in [0.717, 1.165) is 38.6 Å². The predicted molar refractivity (Wildman–Crippen MR) is 80.9 cm³/mol. The molecule has 118 valence electrons. The first-order valence-corrected chi connectivity index (χ1v) is 8.47. The maximum absolute atomic E-state index is 12.3. The summed E-state index contributed by atoms with van der Waals surface area (Å²) in [5.41, 5.74) is -0.533. The fourth-order valence-electron chi connectivity index (χ4n) is 4.11. The zero-order chi connectivity index (χ0) is 14.9. The van der Waals surface area contributed by atoms with Crippen molar-refractivity contribution in [1.29, 1.82) is 0 Å². The van der Waals surface area contributed by atoms with Crippen LogP contribution in [0, 0.1) is 5.92 Å². The highest BCUT2D eigenvalue weighted by molar-refractivity contribution is 6.07. The summed E-state index contributed by atoms with van der Waals surface area (Å²) < 4.78 is 0. The highest BCUT2D eigenvalue weighted by atomic mass is 16.2. The lowest BCUT2D eigenvalue weighted by molar-refractivity contribution is -0.128. The molecule has 5 nitrogen and oxygen atoms in total. The van der Waals surface area contributed by atoms with E-state index in [2.05, 4.69) is 17.1 Å². The normalized spacial score (nSPS) is 34.0. The zero-order valence-electron chi connectivity index (χ0n) is 13.1. The van der Waals surface area contributed by atoms with Gasteiger partial charge in [0.15, 0.2) is 0 Å². The van der Waals surface area contributed by atoms with Gasteiger partial charge in [0.05, 0.1) is 0 Å². The molecule has 1 spiro atoms. The van der Waals surface area contributed by atoms with Crippen LogP contribution >= 0.6 is 0 Å². The van der Waals surface area contributed by atoms with E-state index < -0.39 is 5.54 Å². The van der Waals surface area contributed by atoms with Crippen molar-refractivity contribution in [3.8, 4) is 0 Å². The van der Waals surface area contributed by atoms with E-state index in [0.29, 0.717) is 12.5 Å². The van der Waals surface area contributed by atoms with E-state index in [4.69, 9.17) is 0 Å². The number of nitrogens with one attached hydrogen (secondary N) is 1. The van der Waals surface area contributed by atoms with E-state index in [1.165, 1.54) is 25.9 Å². The van der Waals surface area contributed by atoms with Crippen molar-refractivity contribution in [3.63, 3.8) is 0 Å². The lowest BCUT2D eigenvalue weighted by Gasteiger charge is -2.40. The van der Waals surface area contributed by atoms with Gasteiger partial charge in [-0.25, -0.2) is 4.79 Å². The minimum atomic E-state index is -0.533. The summed E-state index contributed by atoms with van der Waals surface area (Å²) in [5, 5.41) is 2.56. The fraction of sp³-hybridized carbons (Fsp3) is 0.875. The van der Waals surface area contributed by atoms with E-state index in [1.807, 2.05) is 4.90 Å². The summed E-state index contributed by atoms with van der Waals surface area (Å²) >= 11 is 0. The second-order valence-electron chi connectivity index (χ2n) is 7.03. The second-order valence-corrected chi connectivity index (χ2v) is 7.03. The Labute approximate surface area is 127 Å². The number of carbonyl (C=O) groups is 2. The van der Waals surface area contributed by atoms with Gasteiger partial charge in [0, 0.05) is 6.54 Å². The summed E-state index contributed by atoms with van der Waals surface area (Å²) in [4.78, 5) is 28.8. The quantitative estimate of drug-likeness (QED) is 0.806. The fourth-order valence-corrected chi connectivity index (χ4v) is 4.11. The highest BCUT2D eigenvalue weighted by Gasteiger charge is 2.53. The van der Waals surface area contributed by atoms with Crippen molar-refractivity contribution < 1.29 is 9.59 Å². The van der Waals surface area contributed by atoms with Gasteiger partial charge in [-0.05, 0) is 70.5 Å². The third-order valence-electron chi connectivity index (χ3n) is 5.56. The Balaban J connectivity index is 1.60. The summed E-state index contributed by atoms with van der Waals surface area (Å²) in [7, 11) is 0. The number of nitrogens with zero attached hydrogens (tertiary/aromatic N) is 2. The number of amides is 3. The predicted octanol–water partition coefficient (Wildman–Crippen LogP) is 1.97. The van der Waals surface area contributed by atoms with Crippen LogP contribution in [0.2, 0.25) is 0 Å². The molecular formula is C16H27N3O2. The monoisotopic (exact) mass is 293 g/mol. The van der Waals surface area contributed by atoms with Crippen molar-refractivity contribution in [2.24, 2.45) is 5.92 Å². The molecule has 3 amide bonds. The largest absolute Gasteiger partial charge is 0.325 e. The smallest absolute Gasteiger partial charge is 0.310 e. The first-order chi connectivity index (χ1) is 10.1. The number of likely N-dealkylation sites (tertiary alicyclic amines) is 1. The molecular weight excluding hydrogens is 266 g/mol. The molecule has 0 atom stereocenters. The summed E-state index contributed by atoms with van der Waals surface area (Å²) in [6.45, 7) is 6.37. The molecule has 2 aliphatic heterocycles. The summed E-state index contributed by atoms with van der Waals surface area (Å²) in [6, 6.07) is -0.170. The van der Waals surface area contributed by atoms with Crippen molar-refractivity contribution in [2.75, 3.05) is 26.2 Å². The van der Waals surface area contributed by atoms with Crippen molar-refractivity contribution in [2.45, 2.75) is 57.4 Å². The van der Waals surface area contributed by atoms with Crippen LogP contribution in [0.5, 0.6) is 0 Å². The van der Waals surface area contributed by atoms with E-state index in [-0.39, 0.29) is 11.9 Å². The molecule has 3 rings (SSSR count). The van der Waals surface area contributed by atoms with Gasteiger partial charge in [-0.3, -0.25) is 10.1 Å². The number of hydrogen-bond acceptors (Lipinski definition) is 3. The van der Waals surface area contributed by atoms with Crippen LogP contribution in [0.3, 0.4) is 0 Å². The average Bonchev–Trinajstić information content (AvgIpc) is 3.04. The molecule has 1 aliphatic carbocycles. The Morgan fingerprint density at radius 3 is 2.48 bits per heavy atom. The van der Waals surface area contributed by atoms with Gasteiger partial charge in [0.25, 0.3) is 5.91 Å². The Kier molecular flexibility index (Phi) is 4.20. The number of carbonyl (C=O) groups excluding carboxylic acids is 2. The molecule has 5 heteroatoms. The minimum absolute atomic E-state index is 0.0550. The molecule has 2 saturated heterocycles. The molecule has 1 saturated carbocycles. The van der Waals surface area contributed by atoms with E-state index >= 15 is 0 Å². The van der Waals surface area contributed by atoms with Gasteiger partial charge in [-0.2, -0.15) is 0 Å². The van der Waals surface area contributed by atoms with E-state index in [9.17, 15) is 9.59 Å². The molecule has 3 aliphatic rings. The molecule has 0 bridgehead atoms. The first-order valence-electron chi connectivity index (χ1n) is 8.47. The van der Waals surface area contributed by atoms with Crippen LogP contribution in [0.25, 0.3) is 0 Å². The molecule has 21 heavy (non-hydrogen) atoms. The first kappa shape index (κ1) is 14.8. The van der Waals surface area contributed by atoms with Gasteiger partial charge in [-0.15, -0.1) is 0 Å². The van der Waals surface area contributed by atoms with E-state index in [1.54, 1.807) is 0 Å². The number of imide groups is 1. The molecule has 0 aromatic heterocycles. The van der Waals surface area contributed by atoms with Gasteiger partial charge in [0.1, 0.15) is 5.54 Å². The number of hydrogen-bond donors (Lipinski definition) is 1. The Bertz CT molecular complexity index is 410. The Morgan fingerprint density at radius 1 is 1.14 bits per heavy atom. The maximum Gasteiger partial charge on any atom is 0.325 e. The van der Waals surface area contributed by atoms with Crippen LogP contribution in [0.1, 0.15) is 51.9 Å². The van der Waals surface area contributed by atoms with Crippen LogP contribution in [-0.4, -0.2) is 53.5 Å². The number of rotatable bonds is 4. The summed E-state index contributed by atoms with van der Waals surface area (Å²) in [6.07, 6.45) is 7.31. The zero-order valence-corrected chi connectivity index (χ0v) is 13.1. The average molecular weight is 293 g/mol. The van der Waals surface area contributed by atoms with Gasteiger partial charge >= 0.3 is 6.03 Å². The SMILES string of the molecule is CC1CCC2(CC1)C(=O)NC(=O)N2CCCN1CCCC1. The van der Waals surface area contributed by atoms with Crippen molar-refractivity contribution in [1.82, 2.24) is 15.1 Å². The summed E-state index contributed by atoms with van der Waals surface area (Å²) in [5.74, 6) is 0.617. The lowest BCUT2D eigenvalue weighted by Crippen LogP contribution is -2.52. The Hall–Kier alpha value is -1.10. The molecule has 0 radical (unpaired) electrons. The maximum atomic E-state index is 12.3. The highest BCUT2D eigenvalue weighted by Crippen LogP contribution is 2.39. The lowest BCUT2D eigenvalue weighted by atomic mass is 9.76. The van der Waals surface area contributed by atoms with Crippen LogP contribution in [0.15, 0.2) is 0 Å². The standard InChI is InChI=1S/C16H27N3O2/c1-13-5-7-16(8-6-13)14(20)17-15(21)19(16)12-4-11-18-9-2-3-10-18/h13H,2-12H2,1H3,(H,17,20,21). The molecule has 3 fully saturated rings. The topological polar surface area (TPSA) is 52.7 Å². The van der Waals surface area contributed by atoms with Gasteiger partial charge < -0.3 is 9.80 Å². The minimum Gasteiger partial charge on any atom is -0.310 e. The van der Waals surface area contributed by atoms with Gasteiger partial charge in [-0.1, -0.05) is 6.92 Å². The third kappa shape index (κ3) is 2.80. The molecule has 0 aromatic rings. The van der Waals surface area contributed by atoms with Crippen LogP contribution in [-0.2, 0) is 4.79 Å². The second kappa shape index (κ2) is 5.95.